The van der Waals surface area contributed by atoms with Crippen molar-refractivity contribution in [2.75, 3.05) is 0 Å². The van der Waals surface area contributed by atoms with Crippen molar-refractivity contribution in [3.05, 3.63) is 0 Å². The molecule has 0 amide bonds. The Hall–Kier alpha value is 0.0649. The molecule has 0 N–H and O–H groups in total. The molecule has 0 spiro atoms. The van der Waals surface area contributed by atoms with Gasteiger partial charge < -0.3 is 0 Å². The molecule has 0 aromatic heterocycles. The summed E-state index contributed by atoms with van der Waals surface area (Å²) in [6.45, 7) is 5.88. The summed E-state index contributed by atoms with van der Waals surface area (Å²) in [6.07, 6.45) is 7.95. The zero-order valence-electron chi connectivity index (χ0n) is 8.34. The first-order valence-electron chi connectivity index (χ1n) is 5.71. The first kappa shape index (κ1) is 7.47. The molecular weight excluding hydrogens is 143 g/mol. The minimum atomic E-state index is 0.827. The van der Waals surface area contributed by atoms with E-state index >= 15 is 0 Å². The molecule has 0 aliphatic heterocycles. The molecule has 4 fully saturated rings. The van der Waals surface area contributed by atoms with E-state index in [0.717, 1.165) is 29.8 Å². The second-order valence-electron chi connectivity index (χ2n) is 5.93. The molecule has 2 unspecified atom stereocenters. The summed E-state index contributed by atoms with van der Waals surface area (Å²) in [7, 11) is 0. The average molecular weight is 162 g/mol. The third-order valence-electron chi connectivity index (χ3n) is 5.20. The van der Waals surface area contributed by atoms with Gasteiger partial charge in [-0.2, -0.15) is 0 Å². The summed E-state index contributed by atoms with van der Waals surface area (Å²) in [6, 6.07) is 0. The Morgan fingerprint density at radius 3 is 2.00 bits per heavy atom. The first-order chi connectivity index (χ1) is 5.71. The highest BCUT2D eigenvalue weighted by atomic mass is 14.6. The summed E-state index contributed by atoms with van der Waals surface area (Å²) in [4.78, 5) is 0. The van der Waals surface area contributed by atoms with Crippen molar-refractivity contribution >= 4 is 6.71 Å². The quantitative estimate of drug-likeness (QED) is 0.519. The first-order valence-corrected chi connectivity index (χ1v) is 5.71. The van der Waals surface area contributed by atoms with Gasteiger partial charge in [-0.25, -0.2) is 0 Å². The fraction of sp³-hybridized carbons (Fsp3) is 1.00. The summed E-state index contributed by atoms with van der Waals surface area (Å²) in [5.41, 5.74) is 0. The molecule has 4 bridgehead atoms. The Bertz CT molecular complexity index is 195. The molecule has 4 aliphatic rings. The Balaban J connectivity index is 1.98. The van der Waals surface area contributed by atoms with Crippen molar-refractivity contribution in [1.82, 2.24) is 0 Å². The van der Waals surface area contributed by atoms with Gasteiger partial charge in [0.05, 0.1) is 0 Å². The minimum Gasteiger partial charge on any atom is -0.0858 e. The van der Waals surface area contributed by atoms with Gasteiger partial charge in [0.1, 0.15) is 6.71 Å². The molecule has 4 aliphatic carbocycles. The van der Waals surface area contributed by atoms with Gasteiger partial charge in [-0.05, 0) is 42.3 Å². The highest BCUT2D eigenvalue weighted by Gasteiger charge is 2.58. The molecule has 4 rings (SSSR count). The maximum atomic E-state index is 2.46. The maximum absolute atomic E-state index is 2.46. The Morgan fingerprint density at radius 2 is 1.58 bits per heavy atom. The molecule has 66 valence electrons. The Kier molecular flexibility index (Phi) is 1.31. The number of rotatable bonds is 1. The molecule has 2 atom stereocenters. The van der Waals surface area contributed by atoms with Crippen LogP contribution in [0, 0.1) is 17.8 Å². The van der Waals surface area contributed by atoms with E-state index in [9.17, 15) is 0 Å². The lowest BCUT2D eigenvalue weighted by Crippen LogP contribution is -2.28. The largest absolute Gasteiger partial charge is 0.140 e. The summed E-state index contributed by atoms with van der Waals surface area (Å²) >= 11 is 0. The third kappa shape index (κ3) is 0.713. The van der Waals surface area contributed by atoms with E-state index in [1.54, 1.807) is 32.1 Å². The van der Waals surface area contributed by atoms with Crippen LogP contribution in [0.25, 0.3) is 0 Å². The van der Waals surface area contributed by atoms with E-state index in [0.29, 0.717) is 0 Å². The van der Waals surface area contributed by atoms with Gasteiger partial charge in [0.15, 0.2) is 0 Å². The fourth-order valence-corrected chi connectivity index (χ4v) is 4.80. The lowest BCUT2D eigenvalue weighted by atomic mass is 9.33. The van der Waals surface area contributed by atoms with Crippen LogP contribution >= 0.6 is 0 Å². The fourth-order valence-electron chi connectivity index (χ4n) is 4.80. The SMILES string of the molecule is CB(C)C12CC3CC(CC1C3)C2. The van der Waals surface area contributed by atoms with E-state index in [1.807, 2.05) is 0 Å². The summed E-state index contributed by atoms with van der Waals surface area (Å²) in [5, 5.41) is 0.827. The summed E-state index contributed by atoms with van der Waals surface area (Å²) < 4.78 is 0. The number of hydrogen-bond donors (Lipinski definition) is 0. The van der Waals surface area contributed by atoms with Gasteiger partial charge in [0.2, 0.25) is 0 Å². The van der Waals surface area contributed by atoms with E-state index in [-0.39, 0.29) is 0 Å². The monoisotopic (exact) mass is 162 g/mol. The van der Waals surface area contributed by atoms with E-state index in [2.05, 4.69) is 13.6 Å². The molecule has 0 radical (unpaired) electrons. The van der Waals surface area contributed by atoms with Gasteiger partial charge in [0, 0.05) is 0 Å². The normalized spacial score (nSPS) is 55.0. The van der Waals surface area contributed by atoms with Crippen molar-refractivity contribution in [3.63, 3.8) is 0 Å². The van der Waals surface area contributed by atoms with Gasteiger partial charge in [-0.3, -0.25) is 0 Å². The van der Waals surface area contributed by atoms with Crippen LogP contribution in [0.3, 0.4) is 0 Å². The predicted octanol–water partition coefficient (Wildman–Crippen LogP) is 3.32. The lowest BCUT2D eigenvalue weighted by Gasteiger charge is -2.35. The van der Waals surface area contributed by atoms with Crippen LogP contribution in [0.5, 0.6) is 0 Å². The molecular formula is C11H19B. The van der Waals surface area contributed by atoms with Gasteiger partial charge in [0.25, 0.3) is 0 Å². The van der Waals surface area contributed by atoms with Crippen molar-refractivity contribution in [2.45, 2.75) is 51.1 Å². The average Bonchev–Trinajstić information content (AvgIpc) is 2.37. The van der Waals surface area contributed by atoms with Crippen molar-refractivity contribution in [2.24, 2.45) is 17.8 Å². The zero-order valence-corrected chi connectivity index (χ0v) is 8.34. The van der Waals surface area contributed by atoms with Crippen LogP contribution in [-0.2, 0) is 0 Å². The van der Waals surface area contributed by atoms with Crippen LogP contribution in [0.15, 0.2) is 0 Å². The molecule has 0 aromatic rings. The van der Waals surface area contributed by atoms with E-state index in [1.165, 1.54) is 0 Å². The van der Waals surface area contributed by atoms with Crippen LogP contribution < -0.4 is 0 Å². The van der Waals surface area contributed by atoms with Crippen molar-refractivity contribution < 1.29 is 0 Å². The molecule has 0 aromatic carbocycles. The van der Waals surface area contributed by atoms with Crippen LogP contribution in [0.2, 0.25) is 19.0 Å². The second-order valence-corrected chi connectivity index (χ2v) is 5.93. The molecule has 0 saturated heterocycles. The second kappa shape index (κ2) is 2.11. The van der Waals surface area contributed by atoms with Crippen LogP contribution in [-0.4, -0.2) is 6.71 Å². The highest BCUT2D eigenvalue weighted by Crippen LogP contribution is 2.70. The Morgan fingerprint density at radius 1 is 1.00 bits per heavy atom. The highest BCUT2D eigenvalue weighted by molar-refractivity contribution is 6.59. The standard InChI is InChI=1S/C11H19B/c1-12(2)11-6-8-3-9(7-11)5-10(11)4-8/h8-10H,3-7H2,1-2H3. The van der Waals surface area contributed by atoms with Gasteiger partial charge in [-0.15, -0.1) is 0 Å². The van der Waals surface area contributed by atoms with Crippen molar-refractivity contribution in [1.29, 1.82) is 0 Å². The molecule has 0 nitrogen and oxygen atoms in total. The molecule has 4 saturated carbocycles. The smallest absolute Gasteiger partial charge is 0.0858 e. The zero-order chi connectivity index (χ0) is 8.34. The van der Waals surface area contributed by atoms with E-state index < -0.39 is 0 Å². The van der Waals surface area contributed by atoms with Crippen LogP contribution in [0.1, 0.15) is 32.1 Å². The van der Waals surface area contributed by atoms with E-state index in [4.69, 9.17) is 0 Å². The maximum Gasteiger partial charge on any atom is 0.140 e. The number of hydrogen-bond acceptors (Lipinski definition) is 0. The molecule has 0 heterocycles. The lowest BCUT2D eigenvalue weighted by molar-refractivity contribution is 0.280. The van der Waals surface area contributed by atoms with Gasteiger partial charge >= 0.3 is 0 Å². The predicted molar refractivity (Wildman–Crippen MR) is 53.7 cm³/mol. The minimum absolute atomic E-state index is 0.827. The third-order valence-corrected chi connectivity index (χ3v) is 5.20. The van der Waals surface area contributed by atoms with Crippen LogP contribution in [0.4, 0.5) is 0 Å². The Labute approximate surface area is 76.2 Å². The molecule has 12 heavy (non-hydrogen) atoms. The topological polar surface area (TPSA) is 0 Å². The van der Waals surface area contributed by atoms with Crippen molar-refractivity contribution in [3.8, 4) is 0 Å². The van der Waals surface area contributed by atoms with Gasteiger partial charge in [-0.1, -0.05) is 26.5 Å². The molecule has 1 heteroatoms. The summed E-state index contributed by atoms with van der Waals surface area (Å²) in [5.74, 6) is 3.43.